The number of nitrogens with zero attached hydrogens (tertiary/aromatic N) is 3. The SMILES string of the molecule is COc1cc(C)c(Sc2cnc(NC(=O)C(C)(C)C)s2)cc1C(=O)N1CCCN(C(=O)C(C)C)CC1. The zero-order chi connectivity index (χ0) is 26.6. The molecule has 0 bridgehead atoms. The molecule has 0 unspecified atom stereocenters. The molecule has 2 heterocycles. The number of aromatic nitrogens is 1. The largest absolute Gasteiger partial charge is 0.496 e. The third-order valence-electron chi connectivity index (χ3n) is 5.91. The van der Waals surface area contributed by atoms with Crippen LogP contribution in [0.5, 0.6) is 5.75 Å². The molecule has 1 aromatic heterocycles. The Kier molecular flexibility index (Phi) is 9.05. The molecule has 1 N–H and O–H groups in total. The van der Waals surface area contributed by atoms with Gasteiger partial charge in [-0.05, 0) is 31.0 Å². The summed E-state index contributed by atoms with van der Waals surface area (Å²) in [5, 5.41) is 3.41. The summed E-state index contributed by atoms with van der Waals surface area (Å²) in [6, 6.07) is 3.75. The second-order valence-corrected chi connectivity index (χ2v) is 12.6. The minimum Gasteiger partial charge on any atom is -0.496 e. The van der Waals surface area contributed by atoms with Crippen LogP contribution in [0, 0.1) is 18.3 Å². The quantitative estimate of drug-likeness (QED) is 0.567. The zero-order valence-electron chi connectivity index (χ0n) is 22.1. The summed E-state index contributed by atoms with van der Waals surface area (Å²) in [5.74, 6) is 0.406. The summed E-state index contributed by atoms with van der Waals surface area (Å²) < 4.78 is 6.47. The first-order valence-electron chi connectivity index (χ1n) is 12.1. The number of benzene rings is 1. The van der Waals surface area contributed by atoms with Crippen molar-refractivity contribution >= 4 is 46.0 Å². The fourth-order valence-electron chi connectivity index (χ4n) is 3.74. The normalized spacial score (nSPS) is 14.6. The lowest BCUT2D eigenvalue weighted by atomic mass is 9.96. The monoisotopic (exact) mass is 532 g/mol. The highest BCUT2D eigenvalue weighted by atomic mass is 32.2. The van der Waals surface area contributed by atoms with E-state index in [0.29, 0.717) is 42.6 Å². The molecule has 3 amide bonds. The van der Waals surface area contributed by atoms with Crippen molar-refractivity contribution in [3.8, 4) is 5.75 Å². The van der Waals surface area contributed by atoms with E-state index in [1.54, 1.807) is 13.3 Å². The predicted octanol–water partition coefficient (Wildman–Crippen LogP) is 4.93. The van der Waals surface area contributed by atoms with Gasteiger partial charge in [0.2, 0.25) is 11.8 Å². The number of nitrogens with one attached hydrogen (secondary N) is 1. The number of methoxy groups -OCH3 is 1. The van der Waals surface area contributed by atoms with Crippen LogP contribution in [0.2, 0.25) is 0 Å². The summed E-state index contributed by atoms with van der Waals surface area (Å²) in [5.41, 5.74) is 0.972. The standard InChI is InChI=1S/C26H36N4O4S2/c1-16(2)22(31)29-9-8-10-30(12-11-29)23(32)18-14-20(17(3)13-19(18)34-7)35-21-15-27-25(36-21)28-24(33)26(4,5)6/h13-16H,8-12H2,1-7H3,(H,27,28,33). The Balaban J connectivity index is 1.78. The van der Waals surface area contributed by atoms with E-state index >= 15 is 0 Å². The molecule has 3 rings (SSSR count). The van der Waals surface area contributed by atoms with Gasteiger partial charge in [-0.3, -0.25) is 14.4 Å². The third kappa shape index (κ3) is 6.79. The van der Waals surface area contributed by atoms with Gasteiger partial charge >= 0.3 is 0 Å². The summed E-state index contributed by atoms with van der Waals surface area (Å²) in [7, 11) is 1.57. The van der Waals surface area contributed by atoms with Gasteiger partial charge in [0, 0.05) is 42.4 Å². The Morgan fingerprint density at radius 1 is 1.11 bits per heavy atom. The maximum absolute atomic E-state index is 13.6. The number of carbonyl (C=O) groups excluding carboxylic acids is 3. The molecule has 1 saturated heterocycles. The summed E-state index contributed by atoms with van der Waals surface area (Å²) in [6.07, 6.45) is 2.47. The molecule has 0 spiro atoms. The Hall–Kier alpha value is -2.59. The van der Waals surface area contributed by atoms with E-state index in [1.807, 2.05) is 63.5 Å². The Morgan fingerprint density at radius 2 is 1.78 bits per heavy atom. The van der Waals surface area contributed by atoms with Crippen LogP contribution in [0.1, 0.15) is 57.0 Å². The van der Waals surface area contributed by atoms with Gasteiger partial charge < -0.3 is 19.9 Å². The van der Waals surface area contributed by atoms with Crippen molar-refractivity contribution in [3.05, 3.63) is 29.5 Å². The molecule has 1 fully saturated rings. The molecule has 0 radical (unpaired) electrons. The van der Waals surface area contributed by atoms with E-state index < -0.39 is 5.41 Å². The number of amides is 3. The van der Waals surface area contributed by atoms with Crippen LogP contribution in [0.4, 0.5) is 5.13 Å². The van der Waals surface area contributed by atoms with Crippen molar-refractivity contribution in [2.45, 2.75) is 57.1 Å². The molecule has 0 aliphatic carbocycles. The Morgan fingerprint density at radius 3 is 2.42 bits per heavy atom. The number of ether oxygens (including phenoxy) is 1. The molecule has 36 heavy (non-hydrogen) atoms. The van der Waals surface area contributed by atoms with E-state index in [0.717, 1.165) is 21.1 Å². The Labute approximate surface area is 221 Å². The van der Waals surface area contributed by atoms with Gasteiger partial charge in [0.1, 0.15) is 5.75 Å². The average Bonchev–Trinajstić information content (AvgIpc) is 3.10. The second kappa shape index (κ2) is 11.6. The number of anilines is 1. The molecule has 1 aliphatic heterocycles. The molecule has 10 heteroatoms. The smallest absolute Gasteiger partial charge is 0.257 e. The lowest BCUT2D eigenvalue weighted by Crippen LogP contribution is -2.39. The van der Waals surface area contributed by atoms with Gasteiger partial charge in [-0.1, -0.05) is 57.7 Å². The van der Waals surface area contributed by atoms with Gasteiger partial charge in [-0.25, -0.2) is 4.98 Å². The summed E-state index contributed by atoms with van der Waals surface area (Å²) >= 11 is 2.90. The number of hydrogen-bond acceptors (Lipinski definition) is 7. The van der Waals surface area contributed by atoms with Crippen LogP contribution < -0.4 is 10.1 Å². The molecule has 0 atom stereocenters. The van der Waals surface area contributed by atoms with Crippen LogP contribution in [0.3, 0.4) is 0 Å². The molecule has 2 aromatic rings. The van der Waals surface area contributed by atoms with E-state index in [1.165, 1.54) is 23.1 Å². The predicted molar refractivity (Wildman–Crippen MR) is 144 cm³/mol. The maximum atomic E-state index is 13.6. The Bertz CT molecular complexity index is 1120. The van der Waals surface area contributed by atoms with Gasteiger partial charge in [0.25, 0.3) is 5.91 Å². The van der Waals surface area contributed by atoms with Crippen molar-refractivity contribution in [2.75, 3.05) is 38.6 Å². The molecule has 8 nitrogen and oxygen atoms in total. The zero-order valence-corrected chi connectivity index (χ0v) is 23.8. The van der Waals surface area contributed by atoms with Crippen LogP contribution in [-0.2, 0) is 9.59 Å². The van der Waals surface area contributed by atoms with E-state index in [2.05, 4.69) is 10.3 Å². The minimum atomic E-state index is -0.507. The van der Waals surface area contributed by atoms with Gasteiger partial charge in [0.05, 0.1) is 23.1 Å². The third-order valence-corrected chi connectivity index (χ3v) is 8.09. The highest BCUT2D eigenvalue weighted by Crippen LogP contribution is 2.38. The maximum Gasteiger partial charge on any atom is 0.257 e. The second-order valence-electron chi connectivity index (χ2n) is 10.2. The first-order chi connectivity index (χ1) is 16.9. The van der Waals surface area contributed by atoms with Gasteiger partial charge in [0.15, 0.2) is 5.13 Å². The average molecular weight is 533 g/mol. The van der Waals surface area contributed by atoms with E-state index in [9.17, 15) is 14.4 Å². The van der Waals surface area contributed by atoms with Crippen molar-refractivity contribution in [2.24, 2.45) is 11.3 Å². The highest BCUT2D eigenvalue weighted by molar-refractivity contribution is 8.01. The number of thiazole rings is 1. The van der Waals surface area contributed by atoms with Crippen molar-refractivity contribution in [3.63, 3.8) is 0 Å². The van der Waals surface area contributed by atoms with Crippen LogP contribution in [-0.4, -0.2) is 65.8 Å². The molecule has 1 aromatic carbocycles. The van der Waals surface area contributed by atoms with Crippen LogP contribution in [0.25, 0.3) is 0 Å². The first-order valence-corrected chi connectivity index (χ1v) is 13.8. The van der Waals surface area contributed by atoms with Crippen molar-refractivity contribution in [1.29, 1.82) is 0 Å². The molecule has 1 aliphatic rings. The fraction of sp³-hybridized carbons (Fsp3) is 0.538. The van der Waals surface area contributed by atoms with Crippen LogP contribution >= 0.6 is 23.1 Å². The molecular formula is C26H36N4O4S2. The van der Waals surface area contributed by atoms with Crippen molar-refractivity contribution in [1.82, 2.24) is 14.8 Å². The van der Waals surface area contributed by atoms with E-state index in [-0.39, 0.29) is 23.6 Å². The molecule has 196 valence electrons. The number of carbonyl (C=O) groups is 3. The summed E-state index contributed by atoms with van der Waals surface area (Å²) in [4.78, 5) is 47.2. The van der Waals surface area contributed by atoms with Crippen LogP contribution in [0.15, 0.2) is 27.4 Å². The van der Waals surface area contributed by atoms with E-state index in [4.69, 9.17) is 4.74 Å². The molecular weight excluding hydrogens is 496 g/mol. The fourth-order valence-corrected chi connectivity index (χ4v) is 5.68. The molecule has 0 saturated carbocycles. The first kappa shape index (κ1) is 28.0. The summed E-state index contributed by atoms with van der Waals surface area (Å²) in [6.45, 7) is 13.6. The van der Waals surface area contributed by atoms with Gasteiger partial charge in [-0.15, -0.1) is 0 Å². The number of rotatable bonds is 6. The topological polar surface area (TPSA) is 91.8 Å². The lowest BCUT2D eigenvalue weighted by molar-refractivity contribution is -0.134. The number of hydrogen-bond donors (Lipinski definition) is 1. The van der Waals surface area contributed by atoms with Gasteiger partial charge in [-0.2, -0.15) is 0 Å². The lowest BCUT2D eigenvalue weighted by Gasteiger charge is -2.24. The van der Waals surface area contributed by atoms with Crippen molar-refractivity contribution < 1.29 is 19.1 Å². The minimum absolute atomic E-state index is 0.0573. The highest BCUT2D eigenvalue weighted by Gasteiger charge is 2.27. The number of aryl methyl sites for hydroxylation is 1.